The van der Waals surface area contributed by atoms with E-state index in [1.807, 2.05) is 7.05 Å². The number of ketones is 1. The van der Waals surface area contributed by atoms with Gasteiger partial charge >= 0.3 is 0 Å². The molecule has 1 heterocycles. The second-order valence-corrected chi connectivity index (χ2v) is 6.40. The lowest BCUT2D eigenvalue weighted by molar-refractivity contribution is 0.0857. The van der Waals surface area contributed by atoms with E-state index in [0.29, 0.717) is 17.3 Å². The second kappa shape index (κ2) is 7.27. The molecule has 0 spiro atoms. The van der Waals surface area contributed by atoms with E-state index in [1.54, 1.807) is 24.3 Å². The Morgan fingerprint density at radius 1 is 1.12 bits per heavy atom. The minimum absolute atomic E-state index is 0.0326. The van der Waals surface area contributed by atoms with E-state index in [-0.39, 0.29) is 17.4 Å². The summed E-state index contributed by atoms with van der Waals surface area (Å²) in [5.74, 6) is -3.29. The van der Waals surface area contributed by atoms with Gasteiger partial charge in [-0.1, -0.05) is 12.1 Å². The van der Waals surface area contributed by atoms with Gasteiger partial charge in [0.25, 0.3) is 0 Å². The molecule has 1 fully saturated rings. The summed E-state index contributed by atoms with van der Waals surface area (Å²) in [6.45, 7) is 1.75. The molecule has 0 bridgehead atoms. The molecule has 6 heteroatoms. The summed E-state index contributed by atoms with van der Waals surface area (Å²) in [5, 5.41) is 2.64. The van der Waals surface area contributed by atoms with Crippen molar-refractivity contribution in [1.82, 2.24) is 4.90 Å². The van der Waals surface area contributed by atoms with E-state index in [0.717, 1.165) is 32.0 Å². The van der Waals surface area contributed by atoms with Gasteiger partial charge in [0.15, 0.2) is 17.4 Å². The number of nitrogens with one attached hydrogen (secondary N) is 1. The molecule has 132 valence electrons. The average molecular weight is 348 g/mol. The van der Waals surface area contributed by atoms with Gasteiger partial charge in [-0.3, -0.25) is 4.79 Å². The maximum Gasteiger partial charge on any atom is 0.182 e. The normalized spacial score (nSPS) is 16.0. The van der Waals surface area contributed by atoms with Gasteiger partial charge in [0, 0.05) is 29.3 Å². The van der Waals surface area contributed by atoms with Crippen LogP contribution >= 0.6 is 0 Å². The molecule has 0 atom stereocenters. The van der Waals surface area contributed by atoms with E-state index < -0.39 is 17.5 Å². The van der Waals surface area contributed by atoms with Gasteiger partial charge in [0.2, 0.25) is 0 Å². The Labute approximate surface area is 144 Å². The zero-order valence-corrected chi connectivity index (χ0v) is 13.9. The quantitative estimate of drug-likeness (QED) is 0.658. The zero-order valence-electron chi connectivity index (χ0n) is 13.9. The summed E-state index contributed by atoms with van der Waals surface area (Å²) in [4.78, 5) is 14.8. The van der Waals surface area contributed by atoms with Crippen LogP contribution in [0.25, 0.3) is 0 Å². The summed E-state index contributed by atoms with van der Waals surface area (Å²) < 4.78 is 40.4. The van der Waals surface area contributed by atoms with Crippen LogP contribution in [0.3, 0.4) is 0 Å². The molecule has 1 aliphatic heterocycles. The summed E-state index contributed by atoms with van der Waals surface area (Å²) in [7, 11) is 2.03. The number of benzene rings is 2. The number of anilines is 2. The molecule has 1 saturated heterocycles. The SMILES string of the molecule is CN1CCC(C(=O)c2cccc(Nc3cc(F)cc(F)c3F)c2)CC1. The van der Waals surface area contributed by atoms with Crippen molar-refractivity contribution in [2.45, 2.75) is 12.8 Å². The van der Waals surface area contributed by atoms with Gasteiger partial charge in [0.1, 0.15) is 5.82 Å². The van der Waals surface area contributed by atoms with Crippen LogP contribution in [0.5, 0.6) is 0 Å². The summed E-state index contributed by atoms with van der Waals surface area (Å²) in [5.41, 5.74) is 0.612. The summed E-state index contributed by atoms with van der Waals surface area (Å²) >= 11 is 0. The number of rotatable bonds is 4. The van der Waals surface area contributed by atoms with E-state index >= 15 is 0 Å². The van der Waals surface area contributed by atoms with Crippen molar-refractivity contribution in [3.8, 4) is 0 Å². The highest BCUT2D eigenvalue weighted by Crippen LogP contribution is 2.26. The van der Waals surface area contributed by atoms with Gasteiger partial charge in [-0.05, 0) is 45.1 Å². The molecule has 3 rings (SSSR count). The molecule has 1 aliphatic rings. The van der Waals surface area contributed by atoms with Crippen LogP contribution < -0.4 is 5.32 Å². The van der Waals surface area contributed by atoms with Crippen molar-refractivity contribution in [3.63, 3.8) is 0 Å². The fourth-order valence-electron chi connectivity index (χ4n) is 3.06. The Morgan fingerprint density at radius 2 is 1.84 bits per heavy atom. The van der Waals surface area contributed by atoms with Gasteiger partial charge in [-0.15, -0.1) is 0 Å². The van der Waals surface area contributed by atoms with Crippen molar-refractivity contribution in [3.05, 3.63) is 59.4 Å². The first-order valence-electron chi connectivity index (χ1n) is 8.18. The number of carbonyl (C=O) groups excluding carboxylic acids is 1. The first-order chi connectivity index (χ1) is 11.9. The third kappa shape index (κ3) is 4.02. The lowest BCUT2D eigenvalue weighted by Crippen LogP contribution is -2.33. The largest absolute Gasteiger partial charge is 0.353 e. The highest BCUT2D eigenvalue weighted by atomic mass is 19.2. The number of hydrogen-bond acceptors (Lipinski definition) is 3. The van der Waals surface area contributed by atoms with Crippen LogP contribution in [0.2, 0.25) is 0 Å². The maximum absolute atomic E-state index is 13.8. The highest BCUT2D eigenvalue weighted by Gasteiger charge is 2.24. The molecular weight excluding hydrogens is 329 g/mol. The van der Waals surface area contributed by atoms with E-state index in [1.165, 1.54) is 0 Å². The average Bonchev–Trinajstić information content (AvgIpc) is 2.59. The molecule has 2 aromatic rings. The number of likely N-dealkylation sites (tertiary alicyclic amines) is 1. The van der Waals surface area contributed by atoms with Crippen molar-refractivity contribution in [1.29, 1.82) is 0 Å². The molecule has 0 aromatic heterocycles. The van der Waals surface area contributed by atoms with Gasteiger partial charge < -0.3 is 10.2 Å². The van der Waals surface area contributed by atoms with Crippen LogP contribution in [0.15, 0.2) is 36.4 Å². The standard InChI is InChI=1S/C19H19F3N2O/c1-24-7-5-12(6-8-24)19(25)13-3-2-4-15(9-13)23-17-11-14(20)10-16(21)18(17)22/h2-4,9-12,23H,5-8H2,1H3. The predicted octanol–water partition coefficient (Wildman–Crippen LogP) is 4.37. The molecule has 3 nitrogen and oxygen atoms in total. The van der Waals surface area contributed by atoms with Crippen LogP contribution in [-0.2, 0) is 0 Å². The van der Waals surface area contributed by atoms with E-state index in [2.05, 4.69) is 10.2 Å². The zero-order chi connectivity index (χ0) is 18.0. The number of carbonyl (C=O) groups is 1. The topological polar surface area (TPSA) is 32.3 Å². The Kier molecular flexibility index (Phi) is 5.08. The van der Waals surface area contributed by atoms with Gasteiger partial charge in [-0.25, -0.2) is 13.2 Å². The second-order valence-electron chi connectivity index (χ2n) is 6.40. The minimum Gasteiger partial charge on any atom is -0.353 e. The highest BCUT2D eigenvalue weighted by molar-refractivity contribution is 5.98. The number of Topliss-reactive ketones (excluding diaryl/α,β-unsaturated/α-hetero) is 1. The first kappa shape index (κ1) is 17.5. The molecule has 2 aromatic carbocycles. The van der Waals surface area contributed by atoms with Crippen molar-refractivity contribution >= 4 is 17.2 Å². The summed E-state index contributed by atoms with van der Waals surface area (Å²) in [6.07, 6.45) is 1.60. The van der Waals surface area contributed by atoms with Crippen molar-refractivity contribution < 1.29 is 18.0 Å². The Bertz CT molecular complexity index is 786. The Balaban J connectivity index is 1.79. The van der Waals surface area contributed by atoms with E-state index in [4.69, 9.17) is 0 Å². The molecule has 25 heavy (non-hydrogen) atoms. The van der Waals surface area contributed by atoms with Crippen LogP contribution in [0.1, 0.15) is 23.2 Å². The fraction of sp³-hybridized carbons (Fsp3) is 0.316. The monoisotopic (exact) mass is 348 g/mol. The molecule has 0 amide bonds. The van der Waals surface area contributed by atoms with Crippen molar-refractivity contribution in [2.75, 3.05) is 25.5 Å². The number of nitrogens with zero attached hydrogens (tertiary/aromatic N) is 1. The molecule has 0 radical (unpaired) electrons. The van der Waals surface area contributed by atoms with Crippen LogP contribution in [-0.4, -0.2) is 30.8 Å². The number of piperidine rings is 1. The lowest BCUT2D eigenvalue weighted by Gasteiger charge is -2.28. The maximum atomic E-state index is 13.8. The summed E-state index contributed by atoms with van der Waals surface area (Å²) in [6, 6.07) is 7.94. The van der Waals surface area contributed by atoms with Crippen molar-refractivity contribution in [2.24, 2.45) is 5.92 Å². The molecule has 0 saturated carbocycles. The van der Waals surface area contributed by atoms with Crippen LogP contribution in [0.4, 0.5) is 24.5 Å². The molecule has 0 unspecified atom stereocenters. The van der Waals surface area contributed by atoms with E-state index in [9.17, 15) is 18.0 Å². The fourth-order valence-corrected chi connectivity index (χ4v) is 3.06. The Hall–Kier alpha value is -2.34. The smallest absolute Gasteiger partial charge is 0.182 e. The minimum atomic E-state index is -1.26. The lowest BCUT2D eigenvalue weighted by atomic mass is 9.89. The molecule has 1 N–H and O–H groups in total. The number of halogens is 3. The van der Waals surface area contributed by atoms with Gasteiger partial charge in [-0.2, -0.15) is 0 Å². The van der Waals surface area contributed by atoms with Crippen LogP contribution in [0, 0.1) is 23.4 Å². The Morgan fingerprint density at radius 3 is 2.56 bits per heavy atom. The third-order valence-electron chi connectivity index (χ3n) is 4.51. The first-order valence-corrected chi connectivity index (χ1v) is 8.18. The molecule has 0 aliphatic carbocycles. The number of hydrogen-bond donors (Lipinski definition) is 1. The third-order valence-corrected chi connectivity index (χ3v) is 4.51. The molecular formula is C19H19F3N2O. The van der Waals surface area contributed by atoms with Gasteiger partial charge in [0.05, 0.1) is 5.69 Å². The predicted molar refractivity (Wildman–Crippen MR) is 90.6 cm³/mol.